The highest BCUT2D eigenvalue weighted by molar-refractivity contribution is 6.04. The van der Waals surface area contributed by atoms with E-state index in [0.717, 1.165) is 33.9 Å². The number of aryl methyl sites for hydroxylation is 4. The number of ether oxygens (including phenoxy) is 2. The lowest BCUT2D eigenvalue weighted by Crippen LogP contribution is -2.12. The highest BCUT2D eigenvalue weighted by Crippen LogP contribution is 2.34. The van der Waals surface area contributed by atoms with Gasteiger partial charge in [0.1, 0.15) is 13.2 Å². The second-order valence-electron chi connectivity index (χ2n) is 11.5. The van der Waals surface area contributed by atoms with E-state index in [9.17, 15) is 9.59 Å². The summed E-state index contributed by atoms with van der Waals surface area (Å²) in [6.07, 6.45) is 0. The van der Waals surface area contributed by atoms with Crippen molar-refractivity contribution in [2.75, 3.05) is 0 Å². The number of esters is 2. The highest BCUT2D eigenvalue weighted by atomic mass is 16.5. The minimum Gasteiger partial charge on any atom is -0.456 e. The Morgan fingerprint density at radius 3 is 1.21 bits per heavy atom. The second-order valence-corrected chi connectivity index (χ2v) is 11.5. The van der Waals surface area contributed by atoms with Crippen LogP contribution in [0.25, 0.3) is 33.9 Å². The molecule has 2 aromatic carbocycles. The number of carbonyl (C=O) groups excluding carboxylic acids is 2. The summed E-state index contributed by atoms with van der Waals surface area (Å²) in [5.74, 6) is -1.05. The van der Waals surface area contributed by atoms with Gasteiger partial charge >= 0.3 is 11.9 Å². The van der Waals surface area contributed by atoms with Crippen LogP contribution in [0.1, 0.15) is 54.6 Å². The molecule has 6 aromatic rings. The maximum atomic E-state index is 13.6. The molecule has 0 unspecified atom stereocenters. The molecule has 0 spiro atoms. The summed E-state index contributed by atoms with van der Waals surface area (Å²) in [7, 11) is 0. The van der Waals surface area contributed by atoms with Crippen LogP contribution in [0.15, 0.2) is 109 Å². The van der Waals surface area contributed by atoms with Crippen molar-refractivity contribution in [2.45, 2.75) is 40.9 Å². The lowest BCUT2D eigenvalue weighted by molar-refractivity contribution is 0.0457. The molecular formula is C40H34N4O4. The molecule has 0 N–H and O–H groups in total. The third-order valence-electron chi connectivity index (χ3n) is 7.85. The molecule has 8 nitrogen and oxygen atoms in total. The monoisotopic (exact) mass is 634 g/mol. The largest absolute Gasteiger partial charge is 0.456 e. The van der Waals surface area contributed by atoms with E-state index in [1.54, 1.807) is 36.4 Å². The summed E-state index contributed by atoms with van der Waals surface area (Å²) in [5.41, 5.74) is 9.39. The maximum absolute atomic E-state index is 13.6. The predicted molar refractivity (Wildman–Crippen MR) is 184 cm³/mol. The predicted octanol–water partition coefficient (Wildman–Crippen LogP) is 8.22. The van der Waals surface area contributed by atoms with Crippen LogP contribution in [-0.2, 0) is 22.7 Å². The minimum absolute atomic E-state index is 0.0291. The van der Waals surface area contributed by atoms with Gasteiger partial charge in [-0.05, 0) is 99.5 Å². The van der Waals surface area contributed by atoms with Crippen molar-refractivity contribution in [3.05, 3.63) is 154 Å². The first-order valence-corrected chi connectivity index (χ1v) is 15.6. The van der Waals surface area contributed by atoms with Gasteiger partial charge in [-0.1, -0.05) is 48.5 Å². The fourth-order valence-electron chi connectivity index (χ4n) is 5.55. The van der Waals surface area contributed by atoms with E-state index >= 15 is 0 Å². The van der Waals surface area contributed by atoms with Crippen LogP contribution in [0.3, 0.4) is 0 Å². The van der Waals surface area contributed by atoms with Crippen molar-refractivity contribution in [3.63, 3.8) is 0 Å². The maximum Gasteiger partial charge on any atom is 0.339 e. The highest BCUT2D eigenvalue weighted by Gasteiger charge is 2.24. The van der Waals surface area contributed by atoms with Gasteiger partial charge in [0.2, 0.25) is 0 Å². The Kier molecular flexibility index (Phi) is 9.43. The number of hydrogen-bond donors (Lipinski definition) is 0. The first-order chi connectivity index (χ1) is 23.3. The van der Waals surface area contributed by atoms with Crippen LogP contribution in [0.4, 0.5) is 0 Å². The molecule has 0 saturated carbocycles. The Hall–Kier alpha value is -6.02. The van der Waals surface area contributed by atoms with Gasteiger partial charge < -0.3 is 9.47 Å². The number of aromatic nitrogens is 4. The number of nitrogens with zero attached hydrogens (tertiary/aromatic N) is 4. The van der Waals surface area contributed by atoms with Crippen LogP contribution >= 0.6 is 0 Å². The summed E-state index contributed by atoms with van der Waals surface area (Å²) >= 11 is 0. The van der Waals surface area contributed by atoms with Crippen LogP contribution in [0.2, 0.25) is 0 Å². The van der Waals surface area contributed by atoms with E-state index in [1.165, 1.54) is 0 Å². The number of hydrogen-bond acceptors (Lipinski definition) is 8. The van der Waals surface area contributed by atoms with Crippen LogP contribution < -0.4 is 0 Å². The average molecular weight is 635 g/mol. The van der Waals surface area contributed by atoms with E-state index in [0.29, 0.717) is 45.0 Å². The molecule has 0 aliphatic heterocycles. The quantitative estimate of drug-likeness (QED) is 0.147. The molecule has 0 amide bonds. The first-order valence-electron chi connectivity index (χ1n) is 15.6. The third kappa shape index (κ3) is 7.18. The van der Waals surface area contributed by atoms with Gasteiger partial charge in [0.25, 0.3) is 0 Å². The van der Waals surface area contributed by atoms with Gasteiger partial charge in [0.15, 0.2) is 0 Å². The molecule has 0 aliphatic rings. The van der Waals surface area contributed by atoms with Gasteiger partial charge in [-0.3, -0.25) is 9.97 Å². The molecule has 238 valence electrons. The molecule has 0 bridgehead atoms. The standard InChI is InChI=1S/C40H34N4O4/c1-25-11-5-17-31(39(45)47-23-29-15-9-21-35(43-29)33-19-7-13-27(3)41-33)37(25)38-26(2)12-6-18-32(38)40(46)48-24-30-16-10-22-36(44-30)34-20-8-14-28(4)42-34/h5-22H,23-24H2,1-4H3. The molecule has 8 heteroatoms. The summed E-state index contributed by atoms with van der Waals surface area (Å²) in [4.78, 5) is 45.7. The fourth-order valence-corrected chi connectivity index (χ4v) is 5.55. The average Bonchev–Trinajstić information content (AvgIpc) is 3.10. The molecule has 0 fully saturated rings. The van der Waals surface area contributed by atoms with Crippen molar-refractivity contribution in [3.8, 4) is 33.9 Å². The minimum atomic E-state index is -0.525. The van der Waals surface area contributed by atoms with Crippen molar-refractivity contribution >= 4 is 11.9 Å². The van der Waals surface area contributed by atoms with E-state index in [2.05, 4.69) is 19.9 Å². The van der Waals surface area contributed by atoms with E-state index in [4.69, 9.17) is 9.47 Å². The second kappa shape index (κ2) is 14.2. The molecule has 0 aliphatic carbocycles. The molecular weight excluding hydrogens is 600 g/mol. The number of rotatable bonds is 9. The molecule has 0 radical (unpaired) electrons. The van der Waals surface area contributed by atoms with Gasteiger partial charge in [0, 0.05) is 22.5 Å². The van der Waals surface area contributed by atoms with Crippen molar-refractivity contribution < 1.29 is 19.1 Å². The Labute approximate surface area is 279 Å². The first kappa shape index (κ1) is 31.9. The lowest BCUT2D eigenvalue weighted by atomic mass is 9.88. The van der Waals surface area contributed by atoms with Gasteiger partial charge in [-0.2, -0.15) is 0 Å². The van der Waals surface area contributed by atoms with E-state index in [-0.39, 0.29) is 13.2 Å². The lowest BCUT2D eigenvalue weighted by Gasteiger charge is -2.18. The Morgan fingerprint density at radius 2 is 0.812 bits per heavy atom. The number of carbonyl (C=O) groups is 2. The molecule has 4 aromatic heterocycles. The normalized spacial score (nSPS) is 10.8. The van der Waals surface area contributed by atoms with E-state index in [1.807, 2.05) is 100 Å². The summed E-state index contributed by atoms with van der Waals surface area (Å²) < 4.78 is 11.6. The fraction of sp³-hybridized carbons (Fsp3) is 0.150. The van der Waals surface area contributed by atoms with Crippen LogP contribution in [0, 0.1) is 27.7 Å². The summed E-state index contributed by atoms with van der Waals surface area (Å²) in [6.45, 7) is 7.60. The number of benzene rings is 2. The Balaban J connectivity index is 1.23. The van der Waals surface area contributed by atoms with Crippen molar-refractivity contribution in [2.24, 2.45) is 0 Å². The topological polar surface area (TPSA) is 104 Å². The van der Waals surface area contributed by atoms with Gasteiger partial charge in [-0.15, -0.1) is 0 Å². The van der Waals surface area contributed by atoms with Crippen molar-refractivity contribution in [1.82, 2.24) is 19.9 Å². The molecule has 4 heterocycles. The zero-order chi connectivity index (χ0) is 33.6. The van der Waals surface area contributed by atoms with Gasteiger partial charge in [0.05, 0.1) is 45.3 Å². The zero-order valence-electron chi connectivity index (χ0n) is 27.2. The molecule has 48 heavy (non-hydrogen) atoms. The summed E-state index contributed by atoms with van der Waals surface area (Å²) in [5, 5.41) is 0. The van der Waals surface area contributed by atoms with Crippen LogP contribution in [0.5, 0.6) is 0 Å². The molecule has 0 saturated heterocycles. The summed E-state index contributed by atoms with van der Waals surface area (Å²) in [6, 6.07) is 33.4. The van der Waals surface area contributed by atoms with Gasteiger partial charge in [-0.25, -0.2) is 19.6 Å². The van der Waals surface area contributed by atoms with E-state index < -0.39 is 11.9 Å². The number of pyridine rings is 4. The Morgan fingerprint density at radius 1 is 0.458 bits per heavy atom. The molecule has 6 rings (SSSR count). The zero-order valence-corrected chi connectivity index (χ0v) is 27.2. The van der Waals surface area contributed by atoms with Crippen LogP contribution in [-0.4, -0.2) is 31.9 Å². The SMILES string of the molecule is Cc1cccc(-c2cccc(COC(=O)c3cccc(C)c3-c3c(C)cccc3C(=O)OCc3cccc(-c4cccc(C)n4)n3)n2)n1. The third-order valence-corrected chi connectivity index (χ3v) is 7.85. The smallest absolute Gasteiger partial charge is 0.339 e. The van der Waals surface area contributed by atoms with Crippen molar-refractivity contribution in [1.29, 1.82) is 0 Å². The molecule has 0 atom stereocenters. The Bertz CT molecular complexity index is 1990.